The Kier molecular flexibility index (Phi) is 6.74. The van der Waals surface area contributed by atoms with E-state index in [2.05, 4.69) is 0 Å². The molecule has 4 rings (SSSR count). The highest BCUT2D eigenvalue weighted by Crippen LogP contribution is 2.36. The molecule has 0 saturated heterocycles. The van der Waals surface area contributed by atoms with Gasteiger partial charge in [-0.2, -0.15) is 0 Å². The van der Waals surface area contributed by atoms with E-state index >= 15 is 0 Å². The molecule has 4 nitrogen and oxygen atoms in total. The molecule has 0 saturated carbocycles. The number of hydrogen-bond acceptors (Lipinski definition) is 2. The van der Waals surface area contributed by atoms with Crippen molar-refractivity contribution in [2.24, 2.45) is 5.73 Å². The molecular weight excluding hydrogens is 367 g/mol. The lowest BCUT2D eigenvalue weighted by Gasteiger charge is -2.29. The van der Waals surface area contributed by atoms with Crippen molar-refractivity contribution in [3.8, 4) is 0 Å². The number of primary amides is 1. The molecule has 5 heteroatoms. The lowest BCUT2D eigenvalue weighted by molar-refractivity contribution is -0.119. The Morgan fingerprint density at radius 2 is 1.52 bits per heavy atom. The molecule has 1 aliphatic carbocycles. The summed E-state index contributed by atoms with van der Waals surface area (Å²) in [6, 6.07) is 25.0. The van der Waals surface area contributed by atoms with Gasteiger partial charge in [0.05, 0.1) is 6.04 Å². The third-order valence-electron chi connectivity index (χ3n) is 4.80. The quantitative estimate of drug-likeness (QED) is 0.728. The van der Waals surface area contributed by atoms with Crippen LogP contribution in [-0.4, -0.2) is 23.3 Å². The van der Waals surface area contributed by atoms with Crippen molar-refractivity contribution in [1.29, 1.82) is 0 Å². The number of amides is 2. The van der Waals surface area contributed by atoms with Crippen molar-refractivity contribution in [3.63, 3.8) is 0 Å². The molecule has 2 N–H and O–H groups in total. The number of fused-ring (bicyclic) bond motifs is 1. The predicted octanol–water partition coefficient (Wildman–Crippen LogP) is 4.13. The van der Waals surface area contributed by atoms with E-state index in [9.17, 15) is 14.0 Å². The fourth-order valence-corrected chi connectivity index (χ4v) is 3.50. The van der Waals surface area contributed by atoms with Gasteiger partial charge in [0.15, 0.2) is 0 Å². The molecule has 1 aliphatic rings. The Balaban J connectivity index is 0.000000343. The summed E-state index contributed by atoms with van der Waals surface area (Å²) >= 11 is 0. The first-order chi connectivity index (χ1) is 14.1. The van der Waals surface area contributed by atoms with Crippen LogP contribution in [0, 0.1) is 5.82 Å². The third-order valence-corrected chi connectivity index (χ3v) is 4.80. The fourth-order valence-electron chi connectivity index (χ4n) is 3.50. The summed E-state index contributed by atoms with van der Waals surface area (Å²) in [7, 11) is 0. The number of benzene rings is 3. The number of aryl methyl sites for hydroxylation is 1. The number of rotatable bonds is 4. The molecule has 0 heterocycles. The van der Waals surface area contributed by atoms with E-state index in [1.54, 1.807) is 30.3 Å². The van der Waals surface area contributed by atoms with Crippen molar-refractivity contribution in [2.45, 2.75) is 18.9 Å². The van der Waals surface area contributed by atoms with Crippen LogP contribution in [0.2, 0.25) is 0 Å². The second-order valence-corrected chi connectivity index (χ2v) is 6.82. The molecular formula is C24H23FN2O2. The summed E-state index contributed by atoms with van der Waals surface area (Å²) in [6.07, 6.45) is 1.41. The van der Waals surface area contributed by atoms with E-state index in [-0.39, 0.29) is 24.3 Å². The van der Waals surface area contributed by atoms with E-state index in [0.717, 1.165) is 17.5 Å². The van der Waals surface area contributed by atoms with Gasteiger partial charge in [-0.05, 0) is 48.2 Å². The van der Waals surface area contributed by atoms with Gasteiger partial charge in [-0.3, -0.25) is 9.59 Å². The molecule has 1 unspecified atom stereocenters. The first-order valence-electron chi connectivity index (χ1n) is 9.49. The maximum Gasteiger partial charge on any atom is 0.254 e. The normalized spacial score (nSPS) is 14.3. The van der Waals surface area contributed by atoms with Crippen LogP contribution in [0.4, 0.5) is 4.39 Å². The molecule has 0 spiro atoms. The minimum atomic E-state index is -0.584. The van der Waals surface area contributed by atoms with Crippen LogP contribution in [0.5, 0.6) is 0 Å². The Bertz CT molecular complexity index is 934. The number of carbonyl (C=O) groups excluding carboxylic acids is 2. The lowest BCUT2D eigenvalue weighted by Crippen LogP contribution is -2.40. The predicted molar refractivity (Wildman–Crippen MR) is 111 cm³/mol. The van der Waals surface area contributed by atoms with Crippen LogP contribution in [0.15, 0.2) is 84.9 Å². The summed E-state index contributed by atoms with van der Waals surface area (Å²) < 4.78 is 13.6. The van der Waals surface area contributed by atoms with Gasteiger partial charge in [-0.25, -0.2) is 4.39 Å². The second-order valence-electron chi connectivity index (χ2n) is 6.82. The van der Waals surface area contributed by atoms with Crippen molar-refractivity contribution in [3.05, 3.63) is 107 Å². The van der Waals surface area contributed by atoms with Crippen LogP contribution in [-0.2, 0) is 11.2 Å². The number of carbonyl (C=O) groups is 2. The lowest BCUT2D eigenvalue weighted by atomic mass is 10.0. The van der Waals surface area contributed by atoms with Gasteiger partial charge >= 0.3 is 0 Å². The van der Waals surface area contributed by atoms with E-state index in [1.165, 1.54) is 17.0 Å². The first kappa shape index (κ1) is 20.3. The van der Waals surface area contributed by atoms with E-state index < -0.39 is 5.91 Å². The van der Waals surface area contributed by atoms with Gasteiger partial charge in [-0.1, -0.05) is 60.7 Å². The minimum absolute atomic E-state index is 0.186. The average Bonchev–Trinajstić information content (AvgIpc) is 3.16. The number of hydrogen-bond donors (Lipinski definition) is 1. The zero-order chi connectivity index (χ0) is 20.6. The first-order valence-corrected chi connectivity index (χ1v) is 9.49. The maximum atomic E-state index is 13.6. The van der Waals surface area contributed by atoms with Crippen molar-refractivity contribution in [2.75, 3.05) is 6.54 Å². The SMILES string of the molecule is NC(=O)CN(C(=O)c1ccccc1)C1CCc2ccc(F)cc21.c1ccccc1. The largest absolute Gasteiger partial charge is 0.368 e. The second kappa shape index (κ2) is 9.64. The van der Waals surface area contributed by atoms with Crippen LogP contribution in [0.25, 0.3) is 0 Å². The zero-order valence-electron chi connectivity index (χ0n) is 16.0. The van der Waals surface area contributed by atoms with Gasteiger partial charge in [0.1, 0.15) is 12.4 Å². The molecule has 1 atom stereocenters. The van der Waals surface area contributed by atoms with Crippen molar-refractivity contribution >= 4 is 11.8 Å². The van der Waals surface area contributed by atoms with Crippen LogP contribution in [0.3, 0.4) is 0 Å². The summed E-state index contributed by atoms with van der Waals surface area (Å²) in [5.74, 6) is -1.20. The minimum Gasteiger partial charge on any atom is -0.368 e. The number of nitrogens with two attached hydrogens (primary N) is 1. The molecule has 0 fully saturated rings. The summed E-state index contributed by atoms with van der Waals surface area (Å²) in [4.78, 5) is 25.7. The Labute approximate surface area is 169 Å². The smallest absolute Gasteiger partial charge is 0.254 e. The Morgan fingerprint density at radius 3 is 2.10 bits per heavy atom. The zero-order valence-corrected chi connectivity index (χ0v) is 16.0. The molecule has 2 amide bonds. The van der Waals surface area contributed by atoms with Gasteiger partial charge in [0.2, 0.25) is 5.91 Å². The summed E-state index contributed by atoms with van der Waals surface area (Å²) in [5, 5.41) is 0. The van der Waals surface area contributed by atoms with Crippen LogP contribution < -0.4 is 5.73 Å². The van der Waals surface area contributed by atoms with E-state index in [0.29, 0.717) is 12.0 Å². The monoisotopic (exact) mass is 390 g/mol. The molecule has 0 aromatic heterocycles. The topological polar surface area (TPSA) is 63.4 Å². The third kappa shape index (κ3) is 5.29. The van der Waals surface area contributed by atoms with E-state index in [1.807, 2.05) is 42.5 Å². The van der Waals surface area contributed by atoms with Crippen molar-refractivity contribution in [1.82, 2.24) is 4.90 Å². The summed E-state index contributed by atoms with van der Waals surface area (Å²) in [6.45, 7) is -0.186. The molecule has 29 heavy (non-hydrogen) atoms. The van der Waals surface area contributed by atoms with Crippen LogP contribution >= 0.6 is 0 Å². The standard InChI is InChI=1S/C18H17FN2O2.C6H6/c19-14-8-6-12-7-9-16(15(12)10-14)21(11-17(20)22)18(23)13-4-2-1-3-5-13;1-2-4-6-5-3-1/h1-6,8,10,16H,7,9,11H2,(H2,20,22);1-6H. The molecule has 0 radical (unpaired) electrons. The molecule has 3 aromatic carbocycles. The summed E-state index contributed by atoms with van der Waals surface area (Å²) in [5.41, 5.74) is 7.57. The fraction of sp³-hybridized carbons (Fsp3) is 0.167. The van der Waals surface area contributed by atoms with Gasteiger partial charge < -0.3 is 10.6 Å². The maximum absolute atomic E-state index is 13.6. The molecule has 0 aliphatic heterocycles. The Morgan fingerprint density at radius 1 is 0.931 bits per heavy atom. The molecule has 148 valence electrons. The molecule has 0 bridgehead atoms. The average molecular weight is 390 g/mol. The molecule has 3 aromatic rings. The van der Waals surface area contributed by atoms with E-state index in [4.69, 9.17) is 5.73 Å². The van der Waals surface area contributed by atoms with Gasteiger partial charge in [-0.15, -0.1) is 0 Å². The highest BCUT2D eigenvalue weighted by Gasteiger charge is 2.32. The number of halogens is 1. The van der Waals surface area contributed by atoms with Gasteiger partial charge in [0, 0.05) is 5.56 Å². The van der Waals surface area contributed by atoms with Crippen LogP contribution in [0.1, 0.15) is 33.9 Å². The van der Waals surface area contributed by atoms with Crippen molar-refractivity contribution < 1.29 is 14.0 Å². The number of nitrogens with zero attached hydrogens (tertiary/aromatic N) is 1. The van der Waals surface area contributed by atoms with Gasteiger partial charge in [0.25, 0.3) is 5.91 Å². The highest BCUT2D eigenvalue weighted by molar-refractivity contribution is 5.96. The highest BCUT2D eigenvalue weighted by atomic mass is 19.1. The Hall–Kier alpha value is -3.47.